The Morgan fingerprint density at radius 1 is 1.08 bits per heavy atom. The van der Waals surface area contributed by atoms with E-state index in [0.29, 0.717) is 12.2 Å². The van der Waals surface area contributed by atoms with Crippen LogP contribution >= 0.6 is 0 Å². The van der Waals surface area contributed by atoms with Crippen LogP contribution in [-0.4, -0.2) is 35.1 Å². The highest BCUT2D eigenvalue weighted by molar-refractivity contribution is 5.93. The van der Waals surface area contributed by atoms with Crippen molar-refractivity contribution in [2.45, 2.75) is 13.2 Å². The van der Waals surface area contributed by atoms with Crippen LogP contribution in [-0.2, 0) is 17.9 Å². The summed E-state index contributed by atoms with van der Waals surface area (Å²) >= 11 is 0. The summed E-state index contributed by atoms with van der Waals surface area (Å²) in [5, 5.41) is 11.0. The number of nitrogens with one attached hydrogen (secondary N) is 1. The van der Waals surface area contributed by atoms with Crippen molar-refractivity contribution in [3.8, 4) is 11.4 Å². The Hall–Kier alpha value is -3.19. The number of aromatic nitrogens is 3. The predicted molar refractivity (Wildman–Crippen MR) is 96.2 cm³/mol. The van der Waals surface area contributed by atoms with Crippen molar-refractivity contribution in [3.05, 3.63) is 71.5 Å². The summed E-state index contributed by atoms with van der Waals surface area (Å²) in [6.07, 6.45) is 0. The van der Waals surface area contributed by atoms with Crippen molar-refractivity contribution in [2.24, 2.45) is 0 Å². The molecule has 0 spiro atoms. The van der Waals surface area contributed by atoms with Gasteiger partial charge in [-0.1, -0.05) is 35.5 Å². The number of carbonyl (C=O) groups excluding carboxylic acids is 1. The Balaban J connectivity index is 1.82. The van der Waals surface area contributed by atoms with E-state index in [1.54, 1.807) is 18.9 Å². The van der Waals surface area contributed by atoms with Gasteiger partial charge < -0.3 is 14.8 Å². The molecule has 7 heteroatoms. The average molecular weight is 352 g/mol. The summed E-state index contributed by atoms with van der Waals surface area (Å²) in [5.41, 5.74) is 2.62. The van der Waals surface area contributed by atoms with Gasteiger partial charge in [-0.25, -0.2) is 4.68 Å². The van der Waals surface area contributed by atoms with Gasteiger partial charge in [0.15, 0.2) is 5.69 Å². The van der Waals surface area contributed by atoms with E-state index < -0.39 is 0 Å². The number of amides is 1. The maximum Gasteiger partial charge on any atom is 0.274 e. The van der Waals surface area contributed by atoms with Crippen molar-refractivity contribution < 1.29 is 14.3 Å². The third-order valence-corrected chi connectivity index (χ3v) is 3.87. The number of ether oxygens (including phenoxy) is 2. The fourth-order valence-corrected chi connectivity index (χ4v) is 2.54. The molecule has 1 amide bonds. The van der Waals surface area contributed by atoms with Gasteiger partial charge in [-0.2, -0.15) is 0 Å². The quantitative estimate of drug-likeness (QED) is 0.706. The second-order valence-corrected chi connectivity index (χ2v) is 5.60. The first-order valence-electron chi connectivity index (χ1n) is 8.13. The molecular weight excluding hydrogens is 332 g/mol. The highest BCUT2D eigenvalue weighted by Gasteiger charge is 2.20. The van der Waals surface area contributed by atoms with Crippen molar-refractivity contribution in [1.82, 2.24) is 20.3 Å². The second-order valence-electron chi connectivity index (χ2n) is 5.60. The minimum Gasteiger partial charge on any atom is -0.497 e. The molecule has 26 heavy (non-hydrogen) atoms. The van der Waals surface area contributed by atoms with E-state index in [9.17, 15) is 4.79 Å². The van der Waals surface area contributed by atoms with Crippen LogP contribution in [0.15, 0.2) is 54.6 Å². The number of hydrogen-bond acceptors (Lipinski definition) is 5. The third kappa shape index (κ3) is 3.89. The van der Waals surface area contributed by atoms with Crippen molar-refractivity contribution in [2.75, 3.05) is 14.2 Å². The Bertz CT molecular complexity index is 860. The zero-order valence-corrected chi connectivity index (χ0v) is 14.7. The molecule has 0 aliphatic heterocycles. The molecule has 0 unspecified atom stereocenters. The SMILES string of the molecule is COCc1c(C(=O)NCc2ccccc2)nnn1-c1ccc(OC)cc1. The van der Waals surface area contributed by atoms with Crippen molar-refractivity contribution in [1.29, 1.82) is 0 Å². The van der Waals surface area contributed by atoms with Gasteiger partial charge in [0.1, 0.15) is 11.4 Å². The van der Waals surface area contributed by atoms with Gasteiger partial charge in [-0.3, -0.25) is 4.79 Å². The fourth-order valence-electron chi connectivity index (χ4n) is 2.54. The van der Waals surface area contributed by atoms with E-state index in [2.05, 4.69) is 15.6 Å². The van der Waals surface area contributed by atoms with E-state index in [-0.39, 0.29) is 18.2 Å². The van der Waals surface area contributed by atoms with Crippen LogP contribution in [0, 0.1) is 0 Å². The topological polar surface area (TPSA) is 78.3 Å². The van der Waals surface area contributed by atoms with Crippen LogP contribution in [0.3, 0.4) is 0 Å². The summed E-state index contributed by atoms with van der Waals surface area (Å²) in [6.45, 7) is 0.634. The number of methoxy groups -OCH3 is 2. The molecule has 0 fully saturated rings. The van der Waals surface area contributed by atoms with Crippen LogP contribution in [0.4, 0.5) is 0 Å². The summed E-state index contributed by atoms with van der Waals surface area (Å²) in [5.74, 6) is 0.448. The molecule has 0 saturated heterocycles. The third-order valence-electron chi connectivity index (χ3n) is 3.87. The van der Waals surface area contributed by atoms with Gasteiger partial charge in [0.25, 0.3) is 5.91 Å². The summed E-state index contributed by atoms with van der Waals surface area (Å²) in [6, 6.07) is 17.0. The van der Waals surface area contributed by atoms with Crippen LogP contribution in [0.2, 0.25) is 0 Å². The normalized spacial score (nSPS) is 10.5. The summed E-state index contributed by atoms with van der Waals surface area (Å²) < 4.78 is 12.0. The number of nitrogens with zero attached hydrogens (tertiary/aromatic N) is 3. The van der Waals surface area contributed by atoms with Crippen LogP contribution < -0.4 is 10.1 Å². The monoisotopic (exact) mass is 352 g/mol. The lowest BCUT2D eigenvalue weighted by Gasteiger charge is -2.08. The fraction of sp³-hybridized carbons (Fsp3) is 0.211. The van der Waals surface area contributed by atoms with E-state index in [1.807, 2.05) is 54.6 Å². The van der Waals surface area contributed by atoms with E-state index in [1.165, 1.54) is 0 Å². The van der Waals surface area contributed by atoms with E-state index in [0.717, 1.165) is 17.0 Å². The van der Waals surface area contributed by atoms with Gasteiger partial charge in [0.2, 0.25) is 0 Å². The van der Waals surface area contributed by atoms with Crippen molar-refractivity contribution >= 4 is 5.91 Å². The smallest absolute Gasteiger partial charge is 0.274 e. The largest absolute Gasteiger partial charge is 0.497 e. The Kier molecular flexibility index (Phi) is 5.60. The molecule has 1 heterocycles. The molecule has 134 valence electrons. The molecule has 0 bridgehead atoms. The zero-order valence-electron chi connectivity index (χ0n) is 14.7. The van der Waals surface area contributed by atoms with Gasteiger partial charge in [-0.15, -0.1) is 5.10 Å². The average Bonchev–Trinajstić information content (AvgIpc) is 3.11. The zero-order chi connectivity index (χ0) is 18.4. The molecule has 7 nitrogen and oxygen atoms in total. The molecular formula is C19H20N4O3. The van der Waals surface area contributed by atoms with Crippen molar-refractivity contribution in [3.63, 3.8) is 0 Å². The lowest BCUT2D eigenvalue weighted by atomic mass is 10.2. The van der Waals surface area contributed by atoms with Gasteiger partial charge >= 0.3 is 0 Å². The van der Waals surface area contributed by atoms with Gasteiger partial charge in [0, 0.05) is 13.7 Å². The maximum absolute atomic E-state index is 12.6. The molecule has 0 aliphatic rings. The molecule has 3 rings (SSSR count). The molecule has 1 N–H and O–H groups in total. The molecule has 2 aromatic carbocycles. The molecule has 0 aliphatic carbocycles. The van der Waals surface area contributed by atoms with Crippen LogP contribution in [0.5, 0.6) is 5.75 Å². The molecule has 1 aromatic heterocycles. The maximum atomic E-state index is 12.6. The molecule has 0 saturated carbocycles. The lowest BCUT2D eigenvalue weighted by Crippen LogP contribution is -2.24. The second kappa shape index (κ2) is 8.26. The van der Waals surface area contributed by atoms with Crippen LogP contribution in [0.1, 0.15) is 21.7 Å². The highest BCUT2D eigenvalue weighted by Crippen LogP contribution is 2.18. The van der Waals surface area contributed by atoms with Crippen LogP contribution in [0.25, 0.3) is 5.69 Å². The summed E-state index contributed by atoms with van der Waals surface area (Å²) in [4.78, 5) is 12.6. The Morgan fingerprint density at radius 3 is 2.46 bits per heavy atom. The number of hydrogen-bond donors (Lipinski definition) is 1. The molecule has 0 radical (unpaired) electrons. The predicted octanol–water partition coefficient (Wildman–Crippen LogP) is 2.35. The number of rotatable bonds is 7. The highest BCUT2D eigenvalue weighted by atomic mass is 16.5. The first-order valence-corrected chi connectivity index (χ1v) is 8.13. The first kappa shape index (κ1) is 17.6. The first-order chi connectivity index (χ1) is 12.7. The summed E-state index contributed by atoms with van der Waals surface area (Å²) in [7, 11) is 3.17. The number of carbonyl (C=O) groups is 1. The molecule has 0 atom stereocenters. The van der Waals surface area contributed by atoms with E-state index in [4.69, 9.17) is 9.47 Å². The van der Waals surface area contributed by atoms with E-state index >= 15 is 0 Å². The van der Waals surface area contributed by atoms with Gasteiger partial charge in [0.05, 0.1) is 19.4 Å². The Labute approximate surface area is 151 Å². The van der Waals surface area contributed by atoms with Gasteiger partial charge in [-0.05, 0) is 29.8 Å². The molecule has 3 aromatic rings. The standard InChI is InChI=1S/C19H20N4O3/c1-25-13-17-18(19(24)20-12-14-6-4-3-5-7-14)21-22-23(17)15-8-10-16(26-2)11-9-15/h3-11H,12-13H2,1-2H3,(H,20,24). The lowest BCUT2D eigenvalue weighted by molar-refractivity contribution is 0.0940. The minimum absolute atomic E-state index is 0.215. The Morgan fingerprint density at radius 2 is 1.81 bits per heavy atom. The minimum atomic E-state index is -0.291. The number of benzene rings is 2.